The van der Waals surface area contributed by atoms with Crippen molar-refractivity contribution in [3.8, 4) is 0 Å². The Hall–Kier alpha value is -3.40. The highest BCUT2D eigenvalue weighted by molar-refractivity contribution is 6.12. The Balaban J connectivity index is 1.92. The fraction of sp³-hybridized carbons (Fsp3) is 0.130. The van der Waals surface area contributed by atoms with Crippen molar-refractivity contribution in [1.82, 2.24) is 0 Å². The Bertz CT molecular complexity index is 915. The van der Waals surface area contributed by atoms with Crippen molar-refractivity contribution in [3.05, 3.63) is 102 Å². The maximum Gasteiger partial charge on any atom is 0.304 e. The number of hydrogen-bond acceptors (Lipinski definition) is 3. The molecule has 134 valence electrons. The standard InChI is InChI=1S/C23H19NO3/c1-17(25)27-22-23(18-11-5-2-6-12-18,19-13-7-3-8-14-19)21(26)24(22)20-15-9-4-10-16-20/h2-16,22H,1H3/t22-/m1/s1. The van der Waals surface area contributed by atoms with Gasteiger partial charge in [-0.3, -0.25) is 14.5 Å². The van der Waals surface area contributed by atoms with E-state index in [0.29, 0.717) is 5.69 Å². The molecule has 3 aromatic rings. The third-order valence-corrected chi connectivity index (χ3v) is 4.93. The maximum atomic E-state index is 13.6. The lowest BCUT2D eigenvalue weighted by molar-refractivity contribution is -0.161. The van der Waals surface area contributed by atoms with Crippen LogP contribution in [0.1, 0.15) is 18.1 Å². The first-order valence-electron chi connectivity index (χ1n) is 8.82. The molecule has 0 radical (unpaired) electrons. The first kappa shape index (κ1) is 17.0. The Morgan fingerprint density at radius 1 is 0.815 bits per heavy atom. The van der Waals surface area contributed by atoms with E-state index < -0.39 is 17.6 Å². The number of para-hydroxylation sites is 1. The molecule has 0 spiro atoms. The van der Waals surface area contributed by atoms with Gasteiger partial charge in [-0.25, -0.2) is 0 Å². The van der Waals surface area contributed by atoms with E-state index in [4.69, 9.17) is 4.74 Å². The summed E-state index contributed by atoms with van der Waals surface area (Å²) in [5, 5.41) is 0. The second-order valence-electron chi connectivity index (χ2n) is 6.51. The fourth-order valence-electron chi connectivity index (χ4n) is 3.77. The predicted octanol–water partition coefficient (Wildman–Crippen LogP) is 3.91. The molecule has 0 unspecified atom stereocenters. The Morgan fingerprint density at radius 2 is 1.26 bits per heavy atom. The highest BCUT2D eigenvalue weighted by atomic mass is 16.6. The molecule has 0 N–H and O–H groups in total. The maximum absolute atomic E-state index is 13.6. The minimum Gasteiger partial charge on any atom is -0.439 e. The third kappa shape index (κ3) is 2.61. The van der Waals surface area contributed by atoms with Crippen molar-refractivity contribution in [2.24, 2.45) is 0 Å². The molecule has 0 bridgehead atoms. The monoisotopic (exact) mass is 357 g/mol. The van der Waals surface area contributed by atoms with Gasteiger partial charge in [0.25, 0.3) is 5.91 Å². The van der Waals surface area contributed by atoms with Gasteiger partial charge in [0, 0.05) is 12.6 Å². The van der Waals surface area contributed by atoms with Gasteiger partial charge in [0.05, 0.1) is 0 Å². The van der Waals surface area contributed by atoms with Crippen LogP contribution in [0.5, 0.6) is 0 Å². The minimum atomic E-state index is -1.07. The zero-order valence-electron chi connectivity index (χ0n) is 14.9. The van der Waals surface area contributed by atoms with Crippen LogP contribution in [-0.4, -0.2) is 18.1 Å². The van der Waals surface area contributed by atoms with Crippen molar-refractivity contribution >= 4 is 17.6 Å². The highest BCUT2D eigenvalue weighted by Crippen LogP contribution is 2.49. The molecular formula is C23H19NO3. The van der Waals surface area contributed by atoms with E-state index in [-0.39, 0.29) is 5.91 Å². The molecule has 3 aromatic carbocycles. The zero-order chi connectivity index (χ0) is 18.9. The summed E-state index contributed by atoms with van der Waals surface area (Å²) in [6.07, 6.45) is -0.755. The number of rotatable bonds is 4. The topological polar surface area (TPSA) is 46.6 Å². The van der Waals surface area contributed by atoms with Crippen LogP contribution in [0.3, 0.4) is 0 Å². The molecule has 1 amide bonds. The number of benzene rings is 3. The van der Waals surface area contributed by atoms with Crippen LogP contribution in [0, 0.1) is 0 Å². The molecular weight excluding hydrogens is 338 g/mol. The first-order valence-corrected chi connectivity index (χ1v) is 8.82. The average Bonchev–Trinajstić information content (AvgIpc) is 2.70. The van der Waals surface area contributed by atoms with E-state index in [0.717, 1.165) is 11.1 Å². The Morgan fingerprint density at radius 3 is 1.70 bits per heavy atom. The van der Waals surface area contributed by atoms with Gasteiger partial charge in [0.1, 0.15) is 0 Å². The number of ether oxygens (including phenoxy) is 1. The lowest BCUT2D eigenvalue weighted by Crippen LogP contribution is -2.73. The van der Waals surface area contributed by atoms with Crippen molar-refractivity contribution in [2.45, 2.75) is 18.6 Å². The molecule has 1 heterocycles. The second-order valence-corrected chi connectivity index (χ2v) is 6.51. The second kappa shape index (κ2) is 6.72. The molecule has 0 saturated carbocycles. The van der Waals surface area contributed by atoms with E-state index in [1.54, 1.807) is 4.90 Å². The number of β-lactam (4-membered cyclic amide) rings is 1. The molecule has 27 heavy (non-hydrogen) atoms. The summed E-state index contributed by atoms with van der Waals surface area (Å²) < 4.78 is 5.71. The molecule has 1 atom stereocenters. The van der Waals surface area contributed by atoms with Crippen molar-refractivity contribution in [1.29, 1.82) is 0 Å². The zero-order valence-corrected chi connectivity index (χ0v) is 14.9. The van der Waals surface area contributed by atoms with Crippen LogP contribution >= 0.6 is 0 Å². The SMILES string of the molecule is CC(=O)O[C@H]1N(c2ccccc2)C(=O)C1(c1ccccc1)c1ccccc1. The molecule has 1 aliphatic rings. The lowest BCUT2D eigenvalue weighted by atomic mass is 9.65. The summed E-state index contributed by atoms with van der Waals surface area (Å²) in [4.78, 5) is 27.1. The van der Waals surface area contributed by atoms with Gasteiger partial charge < -0.3 is 4.74 Å². The van der Waals surface area contributed by atoms with Crippen molar-refractivity contribution in [2.75, 3.05) is 4.90 Å². The minimum absolute atomic E-state index is 0.114. The Labute approximate surface area is 158 Å². The van der Waals surface area contributed by atoms with E-state index in [1.165, 1.54) is 6.92 Å². The van der Waals surface area contributed by atoms with Crippen LogP contribution in [-0.2, 0) is 19.7 Å². The summed E-state index contributed by atoms with van der Waals surface area (Å²) in [5.74, 6) is -0.540. The van der Waals surface area contributed by atoms with Gasteiger partial charge in [-0.1, -0.05) is 78.9 Å². The lowest BCUT2D eigenvalue weighted by Gasteiger charge is -2.54. The van der Waals surface area contributed by atoms with E-state index >= 15 is 0 Å². The average molecular weight is 357 g/mol. The fourth-order valence-corrected chi connectivity index (χ4v) is 3.77. The normalized spacial score (nSPS) is 17.9. The van der Waals surface area contributed by atoms with Crippen LogP contribution in [0.25, 0.3) is 0 Å². The summed E-state index contributed by atoms with van der Waals surface area (Å²) in [6.45, 7) is 1.37. The molecule has 1 saturated heterocycles. The first-order chi connectivity index (χ1) is 13.2. The van der Waals surface area contributed by atoms with Gasteiger partial charge in [-0.2, -0.15) is 0 Å². The van der Waals surface area contributed by atoms with Crippen LogP contribution < -0.4 is 4.90 Å². The van der Waals surface area contributed by atoms with Crippen LogP contribution in [0.2, 0.25) is 0 Å². The molecule has 4 heteroatoms. The molecule has 4 rings (SSSR count). The summed E-state index contributed by atoms with van der Waals surface area (Å²) in [7, 11) is 0. The van der Waals surface area contributed by atoms with Crippen LogP contribution in [0.4, 0.5) is 5.69 Å². The van der Waals surface area contributed by atoms with Gasteiger partial charge in [0.2, 0.25) is 6.23 Å². The molecule has 0 aliphatic carbocycles. The van der Waals surface area contributed by atoms with E-state index in [1.807, 2.05) is 91.0 Å². The largest absolute Gasteiger partial charge is 0.439 e. The van der Waals surface area contributed by atoms with E-state index in [2.05, 4.69) is 0 Å². The van der Waals surface area contributed by atoms with Gasteiger partial charge in [0.15, 0.2) is 5.41 Å². The number of nitrogens with zero attached hydrogens (tertiary/aromatic N) is 1. The quantitative estimate of drug-likeness (QED) is 0.525. The number of carbonyl (C=O) groups is 2. The van der Waals surface area contributed by atoms with Gasteiger partial charge in [-0.15, -0.1) is 0 Å². The smallest absolute Gasteiger partial charge is 0.304 e. The van der Waals surface area contributed by atoms with Crippen molar-refractivity contribution < 1.29 is 14.3 Å². The highest BCUT2D eigenvalue weighted by Gasteiger charge is 2.65. The number of amides is 1. The summed E-state index contributed by atoms with van der Waals surface area (Å²) in [5.41, 5.74) is 1.25. The van der Waals surface area contributed by atoms with Crippen molar-refractivity contribution in [3.63, 3.8) is 0 Å². The number of carbonyl (C=O) groups excluding carboxylic acids is 2. The van der Waals surface area contributed by atoms with Gasteiger partial charge in [-0.05, 0) is 23.3 Å². The summed E-state index contributed by atoms with van der Waals surface area (Å²) in [6, 6.07) is 28.3. The molecule has 0 aromatic heterocycles. The summed E-state index contributed by atoms with van der Waals surface area (Å²) >= 11 is 0. The Kier molecular flexibility index (Phi) is 4.24. The van der Waals surface area contributed by atoms with Crippen LogP contribution in [0.15, 0.2) is 91.0 Å². The van der Waals surface area contributed by atoms with E-state index in [9.17, 15) is 9.59 Å². The predicted molar refractivity (Wildman–Crippen MR) is 103 cm³/mol. The molecule has 1 aliphatic heterocycles. The number of anilines is 1. The number of esters is 1. The molecule has 1 fully saturated rings. The molecule has 4 nitrogen and oxygen atoms in total. The number of hydrogen-bond donors (Lipinski definition) is 0. The van der Waals surface area contributed by atoms with Gasteiger partial charge >= 0.3 is 5.97 Å². The third-order valence-electron chi connectivity index (χ3n) is 4.93.